The standard InChI is InChI=1S/C10H21N3O/c1-11-10(14)4-7-13-8-9-2-5-12-6-3-9/h9,12-13H,2-8H2,1H3,(H,11,14). The molecule has 0 bridgehead atoms. The van der Waals surface area contributed by atoms with Crippen LogP contribution in [0.15, 0.2) is 0 Å². The minimum Gasteiger partial charge on any atom is -0.359 e. The molecule has 0 saturated carbocycles. The van der Waals surface area contributed by atoms with Crippen LogP contribution in [0, 0.1) is 5.92 Å². The molecule has 82 valence electrons. The molecule has 0 unspecified atom stereocenters. The highest BCUT2D eigenvalue weighted by atomic mass is 16.1. The second-order valence-corrected chi connectivity index (χ2v) is 3.82. The first kappa shape index (κ1) is 11.5. The summed E-state index contributed by atoms with van der Waals surface area (Å²) in [5, 5.41) is 9.29. The summed E-state index contributed by atoms with van der Waals surface area (Å²) in [4.78, 5) is 10.9. The molecule has 0 spiro atoms. The molecule has 1 aliphatic heterocycles. The lowest BCUT2D eigenvalue weighted by molar-refractivity contribution is -0.120. The number of carbonyl (C=O) groups excluding carboxylic acids is 1. The fourth-order valence-corrected chi connectivity index (χ4v) is 1.72. The Labute approximate surface area is 85.8 Å². The van der Waals surface area contributed by atoms with Gasteiger partial charge in [0.15, 0.2) is 0 Å². The van der Waals surface area contributed by atoms with Crippen LogP contribution in [0.4, 0.5) is 0 Å². The molecule has 0 aromatic carbocycles. The first-order valence-corrected chi connectivity index (χ1v) is 5.45. The highest BCUT2D eigenvalue weighted by Crippen LogP contribution is 2.09. The van der Waals surface area contributed by atoms with Gasteiger partial charge in [-0.25, -0.2) is 0 Å². The minimum absolute atomic E-state index is 0.114. The average Bonchev–Trinajstić information content (AvgIpc) is 2.25. The van der Waals surface area contributed by atoms with Crippen LogP contribution < -0.4 is 16.0 Å². The molecule has 4 heteroatoms. The zero-order valence-electron chi connectivity index (χ0n) is 8.94. The molecule has 0 aliphatic carbocycles. The Morgan fingerprint density at radius 1 is 1.43 bits per heavy atom. The van der Waals surface area contributed by atoms with Gasteiger partial charge >= 0.3 is 0 Å². The molecular formula is C10H21N3O. The quantitative estimate of drug-likeness (QED) is 0.533. The molecule has 1 aliphatic rings. The van der Waals surface area contributed by atoms with Gasteiger partial charge in [-0.15, -0.1) is 0 Å². The molecule has 0 aromatic rings. The molecule has 1 fully saturated rings. The summed E-state index contributed by atoms with van der Waals surface area (Å²) in [7, 11) is 1.68. The van der Waals surface area contributed by atoms with Crippen molar-refractivity contribution in [3.63, 3.8) is 0 Å². The summed E-state index contributed by atoms with van der Waals surface area (Å²) in [6.45, 7) is 4.13. The fourth-order valence-electron chi connectivity index (χ4n) is 1.72. The second kappa shape index (κ2) is 6.79. The van der Waals surface area contributed by atoms with E-state index in [0.29, 0.717) is 6.42 Å². The van der Waals surface area contributed by atoms with Crippen LogP contribution in [0.2, 0.25) is 0 Å². The van der Waals surface area contributed by atoms with Crippen molar-refractivity contribution in [3.05, 3.63) is 0 Å². The van der Waals surface area contributed by atoms with Crippen molar-refractivity contribution in [1.82, 2.24) is 16.0 Å². The van der Waals surface area contributed by atoms with Gasteiger partial charge in [-0.1, -0.05) is 0 Å². The van der Waals surface area contributed by atoms with E-state index in [1.807, 2.05) is 0 Å². The topological polar surface area (TPSA) is 53.2 Å². The summed E-state index contributed by atoms with van der Waals surface area (Å²) < 4.78 is 0. The predicted octanol–water partition coefficient (Wildman–Crippen LogP) is -0.288. The predicted molar refractivity (Wildman–Crippen MR) is 57.1 cm³/mol. The van der Waals surface area contributed by atoms with Crippen LogP contribution in [0.1, 0.15) is 19.3 Å². The summed E-state index contributed by atoms with van der Waals surface area (Å²) in [6.07, 6.45) is 3.10. The van der Waals surface area contributed by atoms with Gasteiger partial charge in [-0.3, -0.25) is 4.79 Å². The van der Waals surface area contributed by atoms with Crippen LogP contribution >= 0.6 is 0 Å². The lowest BCUT2D eigenvalue weighted by Crippen LogP contribution is -2.34. The van der Waals surface area contributed by atoms with E-state index >= 15 is 0 Å². The van der Waals surface area contributed by atoms with Crippen molar-refractivity contribution >= 4 is 5.91 Å². The molecule has 0 radical (unpaired) electrons. The van der Waals surface area contributed by atoms with Crippen LogP contribution in [0.3, 0.4) is 0 Å². The molecule has 1 rings (SSSR count). The average molecular weight is 199 g/mol. The van der Waals surface area contributed by atoms with Crippen molar-refractivity contribution in [1.29, 1.82) is 0 Å². The Morgan fingerprint density at radius 3 is 2.79 bits per heavy atom. The Hall–Kier alpha value is -0.610. The summed E-state index contributed by atoms with van der Waals surface area (Å²) in [6, 6.07) is 0. The third kappa shape index (κ3) is 4.58. The van der Waals surface area contributed by atoms with Gasteiger partial charge in [-0.2, -0.15) is 0 Å². The maximum absolute atomic E-state index is 10.9. The maximum Gasteiger partial charge on any atom is 0.221 e. The van der Waals surface area contributed by atoms with Gasteiger partial charge in [0.2, 0.25) is 5.91 Å². The van der Waals surface area contributed by atoms with Gasteiger partial charge in [0, 0.05) is 20.0 Å². The number of hydrogen-bond acceptors (Lipinski definition) is 3. The van der Waals surface area contributed by atoms with Crippen LogP contribution in [-0.2, 0) is 4.79 Å². The maximum atomic E-state index is 10.9. The Morgan fingerprint density at radius 2 is 2.14 bits per heavy atom. The van der Waals surface area contributed by atoms with E-state index in [9.17, 15) is 4.79 Å². The molecule has 1 saturated heterocycles. The van der Waals surface area contributed by atoms with Crippen LogP contribution in [0.25, 0.3) is 0 Å². The molecule has 4 nitrogen and oxygen atoms in total. The van der Waals surface area contributed by atoms with E-state index in [4.69, 9.17) is 0 Å². The zero-order chi connectivity index (χ0) is 10.2. The number of rotatable bonds is 5. The molecule has 1 heterocycles. The van der Waals surface area contributed by atoms with E-state index in [2.05, 4.69) is 16.0 Å². The zero-order valence-corrected chi connectivity index (χ0v) is 8.94. The van der Waals surface area contributed by atoms with Crippen molar-refractivity contribution < 1.29 is 4.79 Å². The normalized spacial score (nSPS) is 18.1. The van der Waals surface area contributed by atoms with Crippen molar-refractivity contribution in [2.45, 2.75) is 19.3 Å². The van der Waals surface area contributed by atoms with E-state index in [-0.39, 0.29) is 5.91 Å². The van der Waals surface area contributed by atoms with E-state index in [0.717, 1.165) is 32.1 Å². The molecule has 3 N–H and O–H groups in total. The Kier molecular flexibility index (Phi) is 5.56. The minimum atomic E-state index is 0.114. The Balaban J connectivity index is 1.94. The number of amides is 1. The number of hydrogen-bond donors (Lipinski definition) is 3. The third-order valence-electron chi connectivity index (χ3n) is 2.70. The van der Waals surface area contributed by atoms with Gasteiger partial charge < -0.3 is 16.0 Å². The van der Waals surface area contributed by atoms with Gasteiger partial charge in [0.1, 0.15) is 0 Å². The first-order chi connectivity index (χ1) is 6.83. The van der Waals surface area contributed by atoms with Gasteiger partial charge in [0.05, 0.1) is 0 Å². The van der Waals surface area contributed by atoms with Crippen LogP contribution in [-0.4, -0.2) is 39.1 Å². The molecule has 14 heavy (non-hydrogen) atoms. The lowest BCUT2D eigenvalue weighted by Gasteiger charge is -2.22. The summed E-state index contributed by atoms with van der Waals surface area (Å²) >= 11 is 0. The van der Waals surface area contributed by atoms with Gasteiger partial charge in [-0.05, 0) is 38.4 Å². The van der Waals surface area contributed by atoms with Crippen molar-refractivity contribution in [2.75, 3.05) is 33.2 Å². The fraction of sp³-hybridized carbons (Fsp3) is 0.900. The second-order valence-electron chi connectivity index (χ2n) is 3.82. The molecule has 1 amide bonds. The third-order valence-corrected chi connectivity index (χ3v) is 2.70. The highest BCUT2D eigenvalue weighted by Gasteiger charge is 2.11. The van der Waals surface area contributed by atoms with Crippen molar-refractivity contribution in [3.8, 4) is 0 Å². The number of piperidine rings is 1. The summed E-state index contributed by atoms with van der Waals surface area (Å²) in [5.74, 6) is 0.906. The number of carbonyl (C=O) groups is 1. The Bertz CT molecular complexity index is 167. The van der Waals surface area contributed by atoms with E-state index < -0.39 is 0 Å². The smallest absolute Gasteiger partial charge is 0.221 e. The van der Waals surface area contributed by atoms with Crippen LogP contribution in [0.5, 0.6) is 0 Å². The van der Waals surface area contributed by atoms with Crippen molar-refractivity contribution in [2.24, 2.45) is 5.92 Å². The summed E-state index contributed by atoms with van der Waals surface area (Å²) in [5.41, 5.74) is 0. The largest absolute Gasteiger partial charge is 0.359 e. The highest BCUT2D eigenvalue weighted by molar-refractivity contribution is 5.75. The molecular weight excluding hydrogens is 178 g/mol. The molecule has 0 atom stereocenters. The molecule has 0 aromatic heterocycles. The SMILES string of the molecule is CNC(=O)CCNCC1CCNCC1. The monoisotopic (exact) mass is 199 g/mol. The van der Waals surface area contributed by atoms with Gasteiger partial charge in [0.25, 0.3) is 0 Å². The lowest BCUT2D eigenvalue weighted by atomic mass is 9.98. The number of nitrogens with one attached hydrogen (secondary N) is 3. The van der Waals surface area contributed by atoms with E-state index in [1.54, 1.807) is 7.05 Å². The van der Waals surface area contributed by atoms with E-state index in [1.165, 1.54) is 12.8 Å². The first-order valence-electron chi connectivity index (χ1n) is 5.45.